The van der Waals surface area contributed by atoms with Gasteiger partial charge in [-0.15, -0.1) is 0 Å². The molecular weight excluding hydrogens is 918 g/mol. The van der Waals surface area contributed by atoms with Gasteiger partial charge in [-0.1, -0.05) is 227 Å². The fourth-order valence-electron chi connectivity index (χ4n) is 7.90. The van der Waals surface area contributed by atoms with Crippen molar-refractivity contribution in [3.8, 4) is 0 Å². The van der Waals surface area contributed by atoms with Crippen LogP contribution in [-0.4, -0.2) is 74.9 Å². The lowest BCUT2D eigenvalue weighted by atomic mass is 10.0. The molecule has 0 saturated carbocycles. The van der Waals surface area contributed by atoms with Gasteiger partial charge in [-0.25, -0.2) is 4.57 Å². The van der Waals surface area contributed by atoms with Crippen LogP contribution in [0.25, 0.3) is 0 Å². The molecule has 10 heteroatoms. The maximum atomic E-state index is 12.8. The van der Waals surface area contributed by atoms with E-state index in [9.17, 15) is 19.0 Å². The monoisotopic (exact) mass is 1030 g/mol. The number of quaternary nitrogens is 1. The second kappa shape index (κ2) is 53.0. The maximum Gasteiger partial charge on any atom is 0.472 e. The van der Waals surface area contributed by atoms with Gasteiger partial charge < -0.3 is 18.9 Å². The van der Waals surface area contributed by atoms with Crippen molar-refractivity contribution in [3.05, 3.63) is 85.1 Å². The highest BCUT2D eigenvalue weighted by Gasteiger charge is 2.27. The second-order valence-corrected chi connectivity index (χ2v) is 22.1. The number of allylic oxidation sites excluding steroid dienone is 14. The largest absolute Gasteiger partial charge is 0.472 e. The van der Waals surface area contributed by atoms with Crippen LogP contribution in [0.1, 0.15) is 245 Å². The number of esters is 2. The van der Waals surface area contributed by atoms with Gasteiger partial charge in [-0.2, -0.15) is 0 Å². The van der Waals surface area contributed by atoms with E-state index in [1.54, 1.807) is 0 Å². The molecular formula is C62H111NO8P+. The van der Waals surface area contributed by atoms with E-state index < -0.39 is 26.5 Å². The predicted molar refractivity (Wildman–Crippen MR) is 307 cm³/mol. The number of nitrogens with zero attached hydrogens (tertiary/aromatic N) is 1. The zero-order valence-corrected chi connectivity index (χ0v) is 48.0. The van der Waals surface area contributed by atoms with Crippen molar-refractivity contribution in [1.29, 1.82) is 0 Å². The molecule has 0 bridgehead atoms. The average molecular weight is 1030 g/mol. The van der Waals surface area contributed by atoms with Gasteiger partial charge in [0.2, 0.25) is 0 Å². The summed E-state index contributed by atoms with van der Waals surface area (Å²) in [6, 6.07) is 0. The van der Waals surface area contributed by atoms with Gasteiger partial charge in [-0.3, -0.25) is 18.6 Å². The number of hydrogen-bond donors (Lipinski definition) is 1. The minimum Gasteiger partial charge on any atom is -0.462 e. The molecule has 0 aromatic carbocycles. The van der Waals surface area contributed by atoms with Crippen molar-refractivity contribution in [2.45, 2.75) is 251 Å². The van der Waals surface area contributed by atoms with Gasteiger partial charge in [0.25, 0.3) is 0 Å². The molecule has 0 radical (unpaired) electrons. The van der Waals surface area contributed by atoms with Crippen molar-refractivity contribution in [2.24, 2.45) is 0 Å². The molecule has 2 atom stereocenters. The zero-order chi connectivity index (χ0) is 52.7. The second-order valence-electron chi connectivity index (χ2n) is 20.6. The van der Waals surface area contributed by atoms with Gasteiger partial charge in [0.1, 0.15) is 19.8 Å². The van der Waals surface area contributed by atoms with E-state index in [0.29, 0.717) is 17.4 Å². The molecule has 0 aliphatic carbocycles. The number of carbonyl (C=O) groups excluding carboxylic acids is 2. The molecule has 0 amide bonds. The fraction of sp³-hybridized carbons (Fsp3) is 0.742. The first-order valence-electron chi connectivity index (χ1n) is 29.3. The Labute approximate surface area is 443 Å². The van der Waals surface area contributed by atoms with Crippen LogP contribution >= 0.6 is 7.82 Å². The van der Waals surface area contributed by atoms with Gasteiger partial charge in [0.05, 0.1) is 27.7 Å². The van der Waals surface area contributed by atoms with Gasteiger partial charge in [0.15, 0.2) is 6.10 Å². The van der Waals surface area contributed by atoms with Crippen LogP contribution in [0.4, 0.5) is 0 Å². The summed E-state index contributed by atoms with van der Waals surface area (Å²) in [5, 5.41) is 0. The number of carbonyl (C=O) groups is 2. The molecule has 72 heavy (non-hydrogen) atoms. The van der Waals surface area contributed by atoms with Gasteiger partial charge in [-0.05, 0) is 89.9 Å². The summed E-state index contributed by atoms with van der Waals surface area (Å²) in [6.07, 6.45) is 70.9. The molecule has 2 unspecified atom stereocenters. The standard InChI is InChI=1S/C62H110NO8P/c1-6-8-10-12-14-16-18-20-22-23-24-25-26-27-28-29-30-31-32-33-34-35-36-37-38-39-41-43-45-47-49-51-53-55-62(65)71-60(59-70-72(66,67)69-57-56-63(3,4)5)58-68-61(64)54-52-50-48-46-44-42-40-21-19-17-15-13-11-9-7-2/h8,10,14-17,20-22,24-25,27-28,40,60H,6-7,9,11-13,18-19,23,26,29-39,41-59H2,1-5H3/p+1/b10-8-,16-14-,17-15-,22-20-,25-24-,28-27-,40-21-. The van der Waals surface area contributed by atoms with E-state index in [-0.39, 0.29) is 32.0 Å². The van der Waals surface area contributed by atoms with Crippen molar-refractivity contribution in [1.82, 2.24) is 0 Å². The van der Waals surface area contributed by atoms with Crippen LogP contribution in [0.2, 0.25) is 0 Å². The number of rotatable bonds is 53. The average Bonchev–Trinajstić information content (AvgIpc) is 3.34. The number of phosphoric ester groups is 1. The topological polar surface area (TPSA) is 108 Å². The summed E-state index contributed by atoms with van der Waals surface area (Å²) in [6.45, 7) is 4.28. The molecule has 0 saturated heterocycles. The molecule has 1 N–H and O–H groups in total. The Kier molecular flexibility index (Phi) is 51.0. The van der Waals surface area contributed by atoms with Crippen LogP contribution in [-0.2, 0) is 32.7 Å². The minimum atomic E-state index is -4.39. The van der Waals surface area contributed by atoms with E-state index >= 15 is 0 Å². The van der Waals surface area contributed by atoms with Crippen molar-refractivity contribution in [2.75, 3.05) is 47.5 Å². The van der Waals surface area contributed by atoms with Crippen molar-refractivity contribution < 1.29 is 42.1 Å². The Hall–Kier alpha value is -2.81. The van der Waals surface area contributed by atoms with Crippen LogP contribution in [0.15, 0.2) is 85.1 Å². The van der Waals surface area contributed by atoms with Crippen LogP contribution in [0.5, 0.6) is 0 Å². The van der Waals surface area contributed by atoms with Crippen molar-refractivity contribution >= 4 is 19.8 Å². The van der Waals surface area contributed by atoms with E-state index in [0.717, 1.165) is 89.9 Å². The fourth-order valence-corrected chi connectivity index (χ4v) is 8.64. The third kappa shape index (κ3) is 56.5. The summed E-state index contributed by atoms with van der Waals surface area (Å²) in [7, 11) is 1.47. The number of hydrogen-bond acceptors (Lipinski definition) is 7. The lowest BCUT2D eigenvalue weighted by molar-refractivity contribution is -0.870. The molecule has 0 aliphatic rings. The van der Waals surface area contributed by atoms with E-state index in [4.69, 9.17) is 18.5 Å². The van der Waals surface area contributed by atoms with Crippen LogP contribution < -0.4 is 0 Å². The summed E-state index contributed by atoms with van der Waals surface area (Å²) in [5.41, 5.74) is 0. The minimum absolute atomic E-state index is 0.0273. The third-order valence-corrected chi connectivity index (χ3v) is 13.4. The van der Waals surface area contributed by atoms with Crippen LogP contribution in [0, 0.1) is 0 Å². The smallest absolute Gasteiger partial charge is 0.462 e. The predicted octanol–water partition coefficient (Wildman–Crippen LogP) is 18.3. The summed E-state index contributed by atoms with van der Waals surface area (Å²) in [5.74, 6) is -0.811. The first-order valence-corrected chi connectivity index (χ1v) is 30.8. The highest BCUT2D eigenvalue weighted by Crippen LogP contribution is 2.43. The number of likely N-dealkylation sites (N-methyl/N-ethyl adjacent to an activating group) is 1. The Balaban J connectivity index is 4.07. The Morgan fingerprint density at radius 1 is 0.444 bits per heavy atom. The SMILES string of the molecule is CC/C=C\C/C=C\C/C=C\C/C=C\C/C=C\CCCCCCCCCCCCCCCCCCCC(=O)OC(COC(=O)CCCCCCC/C=C\C/C=C\CCCCC)COP(=O)(O)OCC[N+](C)(C)C. The van der Waals surface area contributed by atoms with Crippen molar-refractivity contribution in [3.63, 3.8) is 0 Å². The van der Waals surface area contributed by atoms with Gasteiger partial charge >= 0.3 is 19.8 Å². The first kappa shape index (κ1) is 69.2. The first-order chi connectivity index (χ1) is 35.0. The molecule has 0 aromatic heterocycles. The molecule has 0 fully saturated rings. The van der Waals surface area contributed by atoms with E-state index in [2.05, 4.69) is 98.9 Å². The molecule has 0 heterocycles. The van der Waals surface area contributed by atoms with E-state index in [1.165, 1.54) is 122 Å². The molecule has 0 aromatic rings. The highest BCUT2D eigenvalue weighted by atomic mass is 31.2. The Bertz CT molecular complexity index is 1490. The zero-order valence-electron chi connectivity index (χ0n) is 47.1. The highest BCUT2D eigenvalue weighted by molar-refractivity contribution is 7.47. The molecule has 0 spiro atoms. The molecule has 416 valence electrons. The summed E-state index contributed by atoms with van der Waals surface area (Å²) >= 11 is 0. The van der Waals surface area contributed by atoms with Gasteiger partial charge in [0, 0.05) is 12.8 Å². The Morgan fingerprint density at radius 2 is 0.792 bits per heavy atom. The Morgan fingerprint density at radius 3 is 1.18 bits per heavy atom. The summed E-state index contributed by atoms with van der Waals surface area (Å²) < 4.78 is 34.5. The molecule has 9 nitrogen and oxygen atoms in total. The quantitative estimate of drug-likeness (QED) is 0.0211. The number of ether oxygens (including phenoxy) is 2. The lowest BCUT2D eigenvalue weighted by Gasteiger charge is -2.24. The third-order valence-electron chi connectivity index (χ3n) is 12.4. The summed E-state index contributed by atoms with van der Waals surface area (Å²) in [4.78, 5) is 35.6. The number of phosphoric acid groups is 1. The maximum absolute atomic E-state index is 12.8. The number of unbranched alkanes of at least 4 members (excludes halogenated alkanes) is 25. The lowest BCUT2D eigenvalue weighted by Crippen LogP contribution is -2.37. The molecule has 0 aliphatic heterocycles. The van der Waals surface area contributed by atoms with Crippen LogP contribution in [0.3, 0.4) is 0 Å². The van der Waals surface area contributed by atoms with E-state index in [1.807, 2.05) is 21.1 Å². The molecule has 0 rings (SSSR count). The normalized spacial score (nSPS) is 13.9.